The zero-order chi connectivity index (χ0) is 20.6. The summed E-state index contributed by atoms with van der Waals surface area (Å²) in [6.07, 6.45) is 0.707. The average Bonchev–Trinajstić information content (AvgIpc) is 2.63. The smallest absolute Gasteiger partial charge is 0.374 e. The normalized spacial score (nSPS) is 12.9. The highest BCUT2D eigenvalue weighted by atomic mass is 28.5. The monoisotopic (exact) mass is 426 g/mol. The molecule has 0 aromatic heterocycles. The molecule has 0 spiro atoms. The third kappa shape index (κ3) is 8.56. The molecule has 0 fully saturated rings. The van der Waals surface area contributed by atoms with Crippen molar-refractivity contribution in [2.24, 2.45) is 5.73 Å². The highest BCUT2D eigenvalue weighted by Gasteiger charge is 2.65. The predicted octanol–water partition coefficient (Wildman–Crippen LogP) is 1.93. The number of rotatable bonds is 19. The molecular weight excluding hydrogens is 384 g/mol. The zero-order valence-corrected chi connectivity index (χ0v) is 20.2. The molecule has 0 aliphatic carbocycles. The lowest BCUT2D eigenvalue weighted by atomic mass is 10.4. The Bertz CT molecular complexity index is 295. The van der Waals surface area contributed by atoms with E-state index < -0.39 is 17.6 Å². The SMILES string of the molecule is CCO[Si](OCC)(OCC)C(CCNCCN)[Si](OCC)(OCC)OCC. The standard InChI is InChI=1S/C17H42N2O6Si2/c1-7-20-26(21-8-2,22-9-3)17(13-15-19-16-14-18)27(23-10-4,24-11-5)25-12-6/h17,19H,7-16,18H2,1-6H3. The van der Waals surface area contributed by atoms with Crippen LogP contribution in [0.5, 0.6) is 0 Å². The summed E-state index contributed by atoms with van der Waals surface area (Å²) in [5.74, 6) is 0. The van der Waals surface area contributed by atoms with E-state index in [1.807, 2.05) is 41.5 Å². The second kappa shape index (κ2) is 16.0. The topological polar surface area (TPSA) is 93.4 Å². The van der Waals surface area contributed by atoms with E-state index in [2.05, 4.69) is 5.32 Å². The van der Waals surface area contributed by atoms with Gasteiger partial charge in [-0.25, -0.2) is 0 Å². The van der Waals surface area contributed by atoms with Gasteiger partial charge >= 0.3 is 17.6 Å². The van der Waals surface area contributed by atoms with Crippen LogP contribution in [-0.4, -0.2) is 76.9 Å². The molecule has 27 heavy (non-hydrogen) atoms. The Labute approximate surface area is 168 Å². The molecule has 0 aromatic rings. The van der Waals surface area contributed by atoms with E-state index >= 15 is 0 Å². The summed E-state index contributed by atoms with van der Waals surface area (Å²) < 4.78 is 37.3. The van der Waals surface area contributed by atoms with Gasteiger partial charge in [0, 0.05) is 52.7 Å². The first kappa shape index (κ1) is 27.1. The Morgan fingerprint density at radius 3 is 1.22 bits per heavy atom. The Hall–Kier alpha value is 0.114. The fourth-order valence-electron chi connectivity index (χ4n) is 3.10. The van der Waals surface area contributed by atoms with Crippen molar-refractivity contribution in [2.45, 2.75) is 53.1 Å². The molecule has 0 atom stereocenters. The Morgan fingerprint density at radius 1 is 0.630 bits per heavy atom. The van der Waals surface area contributed by atoms with Gasteiger partial charge in [-0.2, -0.15) is 0 Å². The molecule has 0 saturated carbocycles. The maximum atomic E-state index is 6.21. The minimum absolute atomic E-state index is 0.213. The Kier molecular flexibility index (Phi) is 16.0. The molecule has 0 aromatic carbocycles. The molecule has 10 heteroatoms. The van der Waals surface area contributed by atoms with E-state index in [-0.39, 0.29) is 5.16 Å². The molecule has 3 N–H and O–H groups in total. The van der Waals surface area contributed by atoms with Gasteiger partial charge in [0.25, 0.3) is 0 Å². The fraction of sp³-hybridized carbons (Fsp3) is 1.00. The van der Waals surface area contributed by atoms with Crippen LogP contribution in [0.3, 0.4) is 0 Å². The van der Waals surface area contributed by atoms with Crippen molar-refractivity contribution in [1.82, 2.24) is 5.32 Å². The van der Waals surface area contributed by atoms with Gasteiger partial charge in [-0.05, 0) is 54.5 Å². The number of hydrogen-bond donors (Lipinski definition) is 2. The van der Waals surface area contributed by atoms with Gasteiger partial charge in [0.1, 0.15) is 5.16 Å². The molecule has 164 valence electrons. The Balaban J connectivity index is 6.05. The Morgan fingerprint density at radius 2 is 0.963 bits per heavy atom. The number of nitrogens with one attached hydrogen (secondary N) is 1. The van der Waals surface area contributed by atoms with Crippen LogP contribution in [-0.2, 0) is 26.6 Å². The summed E-state index contributed by atoms with van der Waals surface area (Å²) >= 11 is 0. The van der Waals surface area contributed by atoms with Crippen LogP contribution in [0.1, 0.15) is 48.0 Å². The van der Waals surface area contributed by atoms with E-state index in [1.54, 1.807) is 0 Å². The van der Waals surface area contributed by atoms with Crippen molar-refractivity contribution in [3.63, 3.8) is 0 Å². The van der Waals surface area contributed by atoms with Crippen LogP contribution in [0.4, 0.5) is 0 Å². The fourth-order valence-corrected chi connectivity index (χ4v) is 11.5. The summed E-state index contributed by atoms with van der Waals surface area (Å²) in [5.41, 5.74) is 5.61. The van der Waals surface area contributed by atoms with E-state index in [9.17, 15) is 0 Å². The maximum absolute atomic E-state index is 6.21. The lowest BCUT2D eigenvalue weighted by Crippen LogP contribution is -2.64. The first-order valence-electron chi connectivity index (χ1n) is 10.3. The minimum Gasteiger partial charge on any atom is -0.374 e. The van der Waals surface area contributed by atoms with Crippen LogP contribution < -0.4 is 11.1 Å². The lowest BCUT2D eigenvalue weighted by Gasteiger charge is -2.42. The van der Waals surface area contributed by atoms with Gasteiger partial charge in [-0.3, -0.25) is 0 Å². The van der Waals surface area contributed by atoms with Crippen LogP contribution >= 0.6 is 0 Å². The summed E-state index contributed by atoms with van der Waals surface area (Å²) in [5, 5.41) is 3.14. The quantitative estimate of drug-likeness (QED) is 0.239. The first-order valence-corrected chi connectivity index (χ1v) is 13.9. The van der Waals surface area contributed by atoms with Gasteiger partial charge in [-0.15, -0.1) is 0 Å². The molecule has 0 unspecified atom stereocenters. The van der Waals surface area contributed by atoms with Crippen molar-refractivity contribution >= 4 is 17.6 Å². The van der Waals surface area contributed by atoms with Crippen LogP contribution in [0, 0.1) is 0 Å². The minimum atomic E-state index is -3.12. The molecule has 8 nitrogen and oxygen atoms in total. The summed E-state index contributed by atoms with van der Waals surface area (Å²) in [6.45, 7) is 16.7. The largest absolute Gasteiger partial charge is 0.508 e. The van der Waals surface area contributed by atoms with Gasteiger partial charge in [-0.1, -0.05) is 0 Å². The zero-order valence-electron chi connectivity index (χ0n) is 18.2. The van der Waals surface area contributed by atoms with Crippen molar-refractivity contribution in [1.29, 1.82) is 0 Å². The predicted molar refractivity (Wildman–Crippen MR) is 112 cm³/mol. The highest BCUT2D eigenvalue weighted by Crippen LogP contribution is 2.39. The molecule has 0 aliphatic heterocycles. The number of nitrogens with two attached hydrogens (primary N) is 1. The third-order valence-corrected chi connectivity index (χ3v) is 12.4. The molecule has 0 bridgehead atoms. The highest BCUT2D eigenvalue weighted by molar-refractivity contribution is 6.82. The van der Waals surface area contributed by atoms with Crippen molar-refractivity contribution < 1.29 is 26.6 Å². The summed E-state index contributed by atoms with van der Waals surface area (Å²) in [6, 6.07) is 0. The molecule has 0 heterocycles. The summed E-state index contributed by atoms with van der Waals surface area (Å²) in [7, 11) is -6.23. The summed E-state index contributed by atoms with van der Waals surface area (Å²) in [4.78, 5) is 0. The van der Waals surface area contributed by atoms with E-state index in [0.717, 1.165) is 13.1 Å². The molecule has 0 rings (SSSR count). The second-order valence-corrected chi connectivity index (χ2v) is 11.8. The molecular formula is C17H42N2O6Si2. The van der Waals surface area contributed by atoms with E-state index in [4.69, 9.17) is 32.3 Å². The van der Waals surface area contributed by atoms with Crippen molar-refractivity contribution in [3.8, 4) is 0 Å². The van der Waals surface area contributed by atoms with Crippen LogP contribution in [0.15, 0.2) is 0 Å². The van der Waals surface area contributed by atoms with Crippen LogP contribution in [0.2, 0.25) is 5.16 Å². The third-order valence-electron chi connectivity index (χ3n) is 3.86. The van der Waals surface area contributed by atoms with Crippen molar-refractivity contribution in [3.05, 3.63) is 0 Å². The van der Waals surface area contributed by atoms with Gasteiger partial charge in [0.15, 0.2) is 0 Å². The average molecular weight is 427 g/mol. The van der Waals surface area contributed by atoms with Gasteiger partial charge in [0.05, 0.1) is 0 Å². The molecule has 0 aliphatic rings. The van der Waals surface area contributed by atoms with Gasteiger partial charge in [0.2, 0.25) is 0 Å². The molecule has 0 amide bonds. The molecule has 0 radical (unpaired) electrons. The van der Waals surface area contributed by atoms with Crippen LogP contribution in [0.25, 0.3) is 0 Å². The van der Waals surface area contributed by atoms with Crippen molar-refractivity contribution in [2.75, 3.05) is 59.3 Å². The number of hydrogen-bond acceptors (Lipinski definition) is 8. The second-order valence-electron chi connectivity index (χ2n) is 5.69. The van der Waals surface area contributed by atoms with E-state index in [1.165, 1.54) is 0 Å². The van der Waals surface area contributed by atoms with E-state index in [0.29, 0.717) is 52.6 Å². The maximum Gasteiger partial charge on any atom is 0.508 e. The first-order chi connectivity index (χ1) is 13.1. The lowest BCUT2D eigenvalue weighted by molar-refractivity contribution is 0.0314. The van der Waals surface area contributed by atoms with Gasteiger partial charge < -0.3 is 37.6 Å². The molecule has 0 saturated heterocycles.